The van der Waals surface area contributed by atoms with E-state index in [1.807, 2.05) is 17.1 Å². The van der Waals surface area contributed by atoms with Crippen molar-refractivity contribution >= 4 is 23.0 Å². The first-order valence-electron chi connectivity index (χ1n) is 10.5. The highest BCUT2D eigenvalue weighted by atomic mass is 32.1. The highest BCUT2D eigenvalue weighted by Crippen LogP contribution is 2.15. The summed E-state index contributed by atoms with van der Waals surface area (Å²) in [6, 6.07) is 17.0. The minimum atomic E-state index is 0.763. The van der Waals surface area contributed by atoms with Gasteiger partial charge in [-0.05, 0) is 48.3 Å². The second-order valence-corrected chi connectivity index (χ2v) is 8.36. The summed E-state index contributed by atoms with van der Waals surface area (Å²) in [7, 11) is 0. The molecular formula is C24H29N5S. The first-order valence-corrected chi connectivity index (χ1v) is 10.9. The predicted molar refractivity (Wildman–Crippen MR) is 127 cm³/mol. The molecule has 0 bridgehead atoms. The van der Waals surface area contributed by atoms with Crippen LogP contribution in [0.1, 0.15) is 22.3 Å². The Morgan fingerprint density at radius 3 is 2.13 bits per heavy atom. The lowest BCUT2D eigenvalue weighted by atomic mass is 10.1. The van der Waals surface area contributed by atoms with Crippen LogP contribution in [-0.4, -0.2) is 50.9 Å². The molecule has 6 heteroatoms. The normalized spacial score (nSPS) is 14.7. The molecule has 3 aromatic rings. The van der Waals surface area contributed by atoms with E-state index < -0.39 is 0 Å². The van der Waals surface area contributed by atoms with Crippen molar-refractivity contribution in [3.63, 3.8) is 0 Å². The molecule has 4 rings (SSSR count). The van der Waals surface area contributed by atoms with Crippen molar-refractivity contribution < 1.29 is 0 Å². The fraction of sp³-hybridized carbons (Fsp3) is 0.333. The Morgan fingerprint density at radius 2 is 1.50 bits per heavy atom. The van der Waals surface area contributed by atoms with Gasteiger partial charge in [0, 0.05) is 38.9 Å². The van der Waals surface area contributed by atoms with Crippen LogP contribution in [-0.2, 0) is 13.1 Å². The molecule has 1 aliphatic rings. The number of aryl methyl sites for hydroxylation is 2. The molecule has 2 heterocycles. The Bertz CT molecular complexity index is 1000. The number of anilines is 1. The Morgan fingerprint density at radius 1 is 0.900 bits per heavy atom. The van der Waals surface area contributed by atoms with Crippen LogP contribution >= 0.6 is 12.2 Å². The zero-order valence-corrected chi connectivity index (χ0v) is 18.5. The van der Waals surface area contributed by atoms with Crippen LogP contribution in [0.25, 0.3) is 0 Å². The number of benzene rings is 2. The van der Waals surface area contributed by atoms with Crippen molar-refractivity contribution in [1.82, 2.24) is 19.6 Å². The van der Waals surface area contributed by atoms with Crippen molar-refractivity contribution in [1.29, 1.82) is 0 Å². The molecule has 0 saturated carbocycles. The maximum absolute atomic E-state index is 5.66. The van der Waals surface area contributed by atoms with Crippen molar-refractivity contribution in [2.75, 3.05) is 31.5 Å². The Labute approximate surface area is 184 Å². The topological polar surface area (TPSA) is 36.3 Å². The standard InChI is InChI=1S/C24H29N5S/c1-19-7-3-5-9-21(19)16-27-11-13-28(14-12-27)24(30)26-23-15-25-29(18-23)17-22-10-6-4-8-20(22)2/h3-10,15,18H,11-14,16-17H2,1-2H3,(H,26,30). The molecule has 0 atom stereocenters. The number of hydrogen-bond donors (Lipinski definition) is 1. The molecule has 1 fully saturated rings. The lowest BCUT2D eigenvalue weighted by Crippen LogP contribution is -2.49. The van der Waals surface area contributed by atoms with Crippen molar-refractivity contribution in [2.24, 2.45) is 0 Å². The first-order chi connectivity index (χ1) is 14.6. The molecule has 0 unspecified atom stereocenters. The van der Waals surface area contributed by atoms with Gasteiger partial charge in [-0.15, -0.1) is 0 Å². The van der Waals surface area contributed by atoms with Crippen LogP contribution in [0, 0.1) is 13.8 Å². The van der Waals surface area contributed by atoms with Crippen LogP contribution in [0.3, 0.4) is 0 Å². The number of aromatic nitrogens is 2. The zero-order valence-electron chi connectivity index (χ0n) is 17.7. The van der Waals surface area contributed by atoms with Crippen LogP contribution in [0.5, 0.6) is 0 Å². The van der Waals surface area contributed by atoms with Crippen LogP contribution in [0.15, 0.2) is 60.9 Å². The van der Waals surface area contributed by atoms with E-state index >= 15 is 0 Å². The van der Waals surface area contributed by atoms with Gasteiger partial charge in [0.2, 0.25) is 0 Å². The van der Waals surface area contributed by atoms with Gasteiger partial charge in [-0.3, -0.25) is 9.58 Å². The molecule has 1 N–H and O–H groups in total. The number of nitrogens with one attached hydrogen (secondary N) is 1. The summed E-state index contributed by atoms with van der Waals surface area (Å²) in [6.07, 6.45) is 3.87. The molecule has 1 saturated heterocycles. The van der Waals surface area contributed by atoms with Gasteiger partial charge in [0.05, 0.1) is 18.4 Å². The van der Waals surface area contributed by atoms with Gasteiger partial charge in [0.25, 0.3) is 0 Å². The van der Waals surface area contributed by atoms with E-state index in [4.69, 9.17) is 12.2 Å². The zero-order chi connectivity index (χ0) is 20.9. The molecule has 0 spiro atoms. The van der Waals surface area contributed by atoms with E-state index in [-0.39, 0.29) is 0 Å². The van der Waals surface area contributed by atoms with Gasteiger partial charge in [0.1, 0.15) is 0 Å². The lowest BCUT2D eigenvalue weighted by molar-refractivity contribution is 0.176. The van der Waals surface area contributed by atoms with Gasteiger partial charge in [0.15, 0.2) is 5.11 Å². The molecule has 1 aliphatic heterocycles. The highest BCUT2D eigenvalue weighted by Gasteiger charge is 2.19. The summed E-state index contributed by atoms with van der Waals surface area (Å²) in [5.74, 6) is 0. The molecule has 156 valence electrons. The number of nitrogens with zero attached hydrogens (tertiary/aromatic N) is 4. The minimum absolute atomic E-state index is 0.763. The predicted octanol–water partition coefficient (Wildman–Crippen LogP) is 4.06. The quantitative estimate of drug-likeness (QED) is 0.631. The number of hydrogen-bond acceptors (Lipinski definition) is 3. The SMILES string of the molecule is Cc1ccccc1CN1CCN(C(=S)Nc2cnn(Cc3ccccc3C)c2)CC1. The molecule has 0 amide bonds. The van der Waals surface area contributed by atoms with Gasteiger partial charge in [-0.25, -0.2) is 0 Å². The lowest BCUT2D eigenvalue weighted by Gasteiger charge is -2.36. The van der Waals surface area contributed by atoms with Gasteiger partial charge in [-0.1, -0.05) is 48.5 Å². The number of rotatable bonds is 5. The summed E-state index contributed by atoms with van der Waals surface area (Å²) in [4.78, 5) is 4.75. The number of thiocarbonyl (C=S) groups is 1. The minimum Gasteiger partial charge on any atom is -0.346 e. The van der Waals surface area contributed by atoms with Crippen LogP contribution in [0.2, 0.25) is 0 Å². The fourth-order valence-corrected chi connectivity index (χ4v) is 4.12. The monoisotopic (exact) mass is 419 g/mol. The molecule has 0 aliphatic carbocycles. The molecule has 0 radical (unpaired) electrons. The van der Waals surface area contributed by atoms with Gasteiger partial charge < -0.3 is 10.2 Å². The average Bonchev–Trinajstić information content (AvgIpc) is 3.19. The fourth-order valence-electron chi connectivity index (χ4n) is 3.82. The second kappa shape index (κ2) is 9.41. The molecular weight excluding hydrogens is 390 g/mol. The Balaban J connectivity index is 1.28. The summed E-state index contributed by atoms with van der Waals surface area (Å²) < 4.78 is 1.95. The average molecular weight is 420 g/mol. The molecule has 30 heavy (non-hydrogen) atoms. The van der Waals surface area contributed by atoms with E-state index in [2.05, 4.69) is 82.6 Å². The van der Waals surface area contributed by atoms with Gasteiger partial charge >= 0.3 is 0 Å². The molecule has 1 aromatic heterocycles. The number of piperazine rings is 1. The van der Waals surface area contributed by atoms with E-state index in [0.717, 1.165) is 50.1 Å². The Hall–Kier alpha value is -2.70. The smallest absolute Gasteiger partial charge is 0.173 e. The molecule has 2 aromatic carbocycles. The third-order valence-electron chi connectivity index (χ3n) is 5.79. The summed E-state index contributed by atoms with van der Waals surface area (Å²) in [5.41, 5.74) is 6.27. The summed E-state index contributed by atoms with van der Waals surface area (Å²) >= 11 is 5.66. The maximum Gasteiger partial charge on any atom is 0.173 e. The third-order valence-corrected chi connectivity index (χ3v) is 6.15. The van der Waals surface area contributed by atoms with Crippen LogP contribution in [0.4, 0.5) is 5.69 Å². The van der Waals surface area contributed by atoms with E-state index in [0.29, 0.717) is 0 Å². The molecule has 5 nitrogen and oxygen atoms in total. The van der Waals surface area contributed by atoms with Crippen molar-refractivity contribution in [3.05, 3.63) is 83.2 Å². The van der Waals surface area contributed by atoms with Crippen molar-refractivity contribution in [2.45, 2.75) is 26.9 Å². The summed E-state index contributed by atoms with van der Waals surface area (Å²) in [5, 5.41) is 8.63. The van der Waals surface area contributed by atoms with E-state index in [1.54, 1.807) is 0 Å². The van der Waals surface area contributed by atoms with Gasteiger partial charge in [-0.2, -0.15) is 5.10 Å². The third kappa shape index (κ3) is 5.07. The van der Waals surface area contributed by atoms with Crippen molar-refractivity contribution in [3.8, 4) is 0 Å². The van der Waals surface area contributed by atoms with Crippen LogP contribution < -0.4 is 5.32 Å². The van der Waals surface area contributed by atoms with E-state index in [1.165, 1.54) is 22.3 Å². The highest BCUT2D eigenvalue weighted by molar-refractivity contribution is 7.80. The first kappa shape index (κ1) is 20.6. The summed E-state index contributed by atoms with van der Waals surface area (Å²) in [6.45, 7) is 10.00. The Kier molecular flexibility index (Phi) is 6.45. The largest absolute Gasteiger partial charge is 0.346 e. The van der Waals surface area contributed by atoms with E-state index in [9.17, 15) is 0 Å². The second-order valence-electron chi connectivity index (χ2n) is 7.97. The maximum atomic E-state index is 5.66.